The van der Waals surface area contributed by atoms with E-state index in [-0.39, 0.29) is 37.8 Å². The van der Waals surface area contributed by atoms with Gasteiger partial charge in [0.15, 0.2) is 0 Å². The Labute approximate surface area is 151 Å². The number of hydrogen-bond donors (Lipinski definition) is 2. The molecule has 128 valence electrons. The molecule has 0 aromatic carbocycles. The van der Waals surface area contributed by atoms with Crippen LogP contribution in [0, 0.1) is 0 Å². The first kappa shape index (κ1) is 24.4. The Balaban J connectivity index is 0. The fourth-order valence-corrected chi connectivity index (χ4v) is 1.98. The standard InChI is InChI=1S/C16H30N2O4.Li/c1-4-5-6-7-8-9-15(20)17-10-11-18(12-13(2)19)14(3)16(21)22;/h5-6,13-14,19H,4,7-12H2,1-3H3,(H,17,20)(H,21,22);/q;+1/p-1/b6-5+;. The second-order valence-corrected chi connectivity index (χ2v) is 5.41. The molecule has 0 bridgehead atoms. The first-order chi connectivity index (χ1) is 10.4. The summed E-state index contributed by atoms with van der Waals surface area (Å²) < 4.78 is 0. The minimum absolute atomic E-state index is 0. The topological polar surface area (TPSA) is 96.2 Å². The zero-order valence-electron chi connectivity index (χ0n) is 14.9. The zero-order chi connectivity index (χ0) is 17.0. The van der Waals surface area contributed by atoms with Crippen LogP contribution in [0.2, 0.25) is 0 Å². The third-order valence-electron chi connectivity index (χ3n) is 3.24. The number of carbonyl (C=O) groups is 1. The van der Waals surface area contributed by atoms with Crippen molar-refractivity contribution >= 4 is 11.9 Å². The van der Waals surface area contributed by atoms with Crippen LogP contribution in [-0.2, 0) is 4.79 Å². The van der Waals surface area contributed by atoms with E-state index in [4.69, 9.17) is 5.11 Å². The molecular formula is C16H29LiN2O4. The summed E-state index contributed by atoms with van der Waals surface area (Å²) >= 11 is 0. The van der Waals surface area contributed by atoms with Crippen molar-refractivity contribution in [1.82, 2.24) is 4.90 Å². The molecule has 0 aromatic heterocycles. The number of aliphatic hydroxyl groups excluding tert-OH is 1. The van der Waals surface area contributed by atoms with Crippen molar-refractivity contribution < 1.29 is 39.0 Å². The van der Waals surface area contributed by atoms with E-state index in [1.165, 1.54) is 0 Å². The van der Waals surface area contributed by atoms with Crippen LogP contribution in [0.25, 0.3) is 0 Å². The molecular weight excluding hydrogens is 291 g/mol. The zero-order valence-corrected chi connectivity index (χ0v) is 14.9. The van der Waals surface area contributed by atoms with Crippen molar-refractivity contribution in [3.05, 3.63) is 12.2 Å². The number of allylic oxidation sites excluding steroid dienone is 2. The van der Waals surface area contributed by atoms with Crippen molar-refractivity contribution in [2.45, 2.75) is 58.6 Å². The number of carboxylic acids is 1. The molecule has 0 fully saturated rings. The van der Waals surface area contributed by atoms with Crippen LogP contribution >= 0.6 is 0 Å². The van der Waals surface area contributed by atoms with Crippen LogP contribution in [0.4, 0.5) is 0 Å². The molecule has 0 heterocycles. The molecule has 0 saturated carbocycles. The van der Waals surface area contributed by atoms with Crippen LogP contribution in [0.3, 0.4) is 0 Å². The van der Waals surface area contributed by atoms with E-state index in [2.05, 4.69) is 24.1 Å². The van der Waals surface area contributed by atoms with Gasteiger partial charge in [0.1, 0.15) is 6.04 Å². The number of nitrogens with zero attached hydrogens (tertiary/aromatic N) is 2. The Morgan fingerprint density at radius 1 is 1.35 bits per heavy atom. The molecule has 0 aliphatic carbocycles. The number of aliphatic imine (C=N–C) groups is 1. The summed E-state index contributed by atoms with van der Waals surface area (Å²) in [6.07, 6.45) is 6.58. The fourth-order valence-electron chi connectivity index (χ4n) is 1.98. The van der Waals surface area contributed by atoms with Crippen LogP contribution in [0.5, 0.6) is 0 Å². The molecule has 0 spiro atoms. The van der Waals surface area contributed by atoms with E-state index in [1.807, 2.05) is 0 Å². The number of rotatable bonds is 12. The summed E-state index contributed by atoms with van der Waals surface area (Å²) in [6.45, 7) is 6.08. The molecule has 0 saturated heterocycles. The van der Waals surface area contributed by atoms with Gasteiger partial charge in [0, 0.05) is 13.1 Å². The maximum Gasteiger partial charge on any atom is 1.00 e. The van der Waals surface area contributed by atoms with Crippen molar-refractivity contribution in [2.75, 3.05) is 19.6 Å². The minimum atomic E-state index is -0.949. The van der Waals surface area contributed by atoms with Gasteiger partial charge in [-0.3, -0.25) is 9.69 Å². The summed E-state index contributed by atoms with van der Waals surface area (Å²) in [4.78, 5) is 16.6. The molecule has 0 aliphatic heterocycles. The van der Waals surface area contributed by atoms with Crippen LogP contribution < -0.4 is 24.0 Å². The Kier molecular flexibility index (Phi) is 15.7. The van der Waals surface area contributed by atoms with Gasteiger partial charge >= 0.3 is 24.8 Å². The quantitative estimate of drug-likeness (QED) is 0.143. The van der Waals surface area contributed by atoms with E-state index in [1.54, 1.807) is 18.7 Å². The Hall–Kier alpha value is -0.803. The second-order valence-electron chi connectivity index (χ2n) is 5.41. The maximum atomic E-state index is 11.6. The van der Waals surface area contributed by atoms with E-state index in [0.717, 1.165) is 19.3 Å². The van der Waals surface area contributed by atoms with E-state index in [0.29, 0.717) is 13.0 Å². The fraction of sp³-hybridized carbons (Fsp3) is 0.750. The third-order valence-corrected chi connectivity index (χ3v) is 3.24. The van der Waals surface area contributed by atoms with Gasteiger partial charge in [0.2, 0.25) is 0 Å². The summed E-state index contributed by atoms with van der Waals surface area (Å²) in [7, 11) is 0. The maximum absolute atomic E-state index is 11.6. The predicted molar refractivity (Wildman–Crippen MR) is 85.9 cm³/mol. The van der Waals surface area contributed by atoms with E-state index >= 15 is 0 Å². The molecule has 2 atom stereocenters. The van der Waals surface area contributed by atoms with Gasteiger partial charge in [0.25, 0.3) is 0 Å². The number of unbranched alkanes of at least 4 members (excludes halogenated alkanes) is 1. The largest absolute Gasteiger partial charge is 1.00 e. The molecule has 0 radical (unpaired) electrons. The Morgan fingerprint density at radius 2 is 2.00 bits per heavy atom. The molecule has 0 amide bonds. The van der Waals surface area contributed by atoms with Gasteiger partial charge in [0.05, 0.1) is 12.6 Å². The SMILES string of the molecule is CC/C=C/CCCC([O-])=NCCN(CC(C)O)C(C)C(=O)O.[Li+]. The van der Waals surface area contributed by atoms with Crippen molar-refractivity contribution in [1.29, 1.82) is 0 Å². The van der Waals surface area contributed by atoms with Gasteiger partial charge in [-0.05, 0) is 45.4 Å². The Morgan fingerprint density at radius 3 is 2.52 bits per heavy atom. The van der Waals surface area contributed by atoms with Gasteiger partial charge < -0.3 is 20.3 Å². The number of aliphatic hydroxyl groups is 1. The normalized spacial score (nSPS) is 14.7. The van der Waals surface area contributed by atoms with Crippen LogP contribution in [0.1, 0.15) is 46.5 Å². The van der Waals surface area contributed by atoms with E-state index in [9.17, 15) is 15.0 Å². The van der Waals surface area contributed by atoms with E-state index < -0.39 is 18.1 Å². The first-order valence-corrected chi connectivity index (χ1v) is 7.88. The number of aliphatic carboxylic acids is 1. The number of hydrogen-bond acceptors (Lipinski definition) is 5. The minimum Gasteiger partial charge on any atom is -0.862 e. The first-order valence-electron chi connectivity index (χ1n) is 7.88. The van der Waals surface area contributed by atoms with Crippen molar-refractivity contribution in [3.8, 4) is 0 Å². The smallest absolute Gasteiger partial charge is 0.862 e. The predicted octanol–water partition coefficient (Wildman–Crippen LogP) is -1.96. The summed E-state index contributed by atoms with van der Waals surface area (Å²) in [5.41, 5.74) is 0. The van der Waals surface area contributed by atoms with Gasteiger partial charge in [-0.1, -0.05) is 19.1 Å². The van der Waals surface area contributed by atoms with Gasteiger partial charge in [-0.25, -0.2) is 0 Å². The molecule has 2 unspecified atom stereocenters. The molecule has 7 heteroatoms. The summed E-state index contributed by atoms with van der Waals surface area (Å²) in [5, 5.41) is 30.1. The molecule has 2 N–H and O–H groups in total. The molecule has 0 aromatic rings. The molecule has 0 rings (SSSR count). The van der Waals surface area contributed by atoms with Crippen LogP contribution in [-0.4, -0.2) is 58.8 Å². The molecule has 23 heavy (non-hydrogen) atoms. The number of carboxylic acid groups (broad SMARTS) is 1. The summed E-state index contributed by atoms with van der Waals surface area (Å²) in [5.74, 6) is -1.10. The van der Waals surface area contributed by atoms with Gasteiger partial charge in [-0.15, -0.1) is 0 Å². The molecule has 0 aliphatic rings. The van der Waals surface area contributed by atoms with Gasteiger partial charge in [-0.2, -0.15) is 0 Å². The van der Waals surface area contributed by atoms with Crippen molar-refractivity contribution in [2.24, 2.45) is 4.99 Å². The van der Waals surface area contributed by atoms with Crippen molar-refractivity contribution in [3.63, 3.8) is 0 Å². The Bertz CT molecular complexity index is 373. The average molecular weight is 320 g/mol. The third kappa shape index (κ3) is 13.3. The second kappa shape index (κ2) is 14.8. The van der Waals surface area contributed by atoms with Crippen LogP contribution in [0.15, 0.2) is 17.1 Å². The molecule has 6 nitrogen and oxygen atoms in total. The monoisotopic (exact) mass is 320 g/mol. The average Bonchev–Trinajstić information content (AvgIpc) is 2.44. The summed E-state index contributed by atoms with van der Waals surface area (Å²) in [6, 6.07) is -0.709.